The Balaban J connectivity index is 1.96. The average Bonchev–Trinajstić information content (AvgIpc) is 2.53. The van der Waals surface area contributed by atoms with Crippen LogP contribution in [0.15, 0.2) is 36.5 Å². The summed E-state index contributed by atoms with van der Waals surface area (Å²) in [6, 6.07) is 6.97. The Morgan fingerprint density at radius 1 is 1.39 bits per heavy atom. The second-order valence-corrected chi connectivity index (χ2v) is 5.28. The molecule has 0 unspecified atom stereocenters. The highest BCUT2D eigenvalue weighted by Crippen LogP contribution is 2.27. The maximum Gasteiger partial charge on any atom is 0.315 e. The first-order valence-corrected chi connectivity index (χ1v) is 7.36. The molecule has 1 atom stereocenters. The van der Waals surface area contributed by atoms with Crippen LogP contribution in [0.4, 0.5) is 9.18 Å². The summed E-state index contributed by atoms with van der Waals surface area (Å²) in [5.74, 6) is -0.0428. The lowest BCUT2D eigenvalue weighted by atomic mass is 10.1. The number of ether oxygens (including phenoxy) is 1. The van der Waals surface area contributed by atoms with Crippen LogP contribution in [-0.2, 0) is 6.54 Å². The van der Waals surface area contributed by atoms with Crippen molar-refractivity contribution in [2.24, 2.45) is 0 Å². The summed E-state index contributed by atoms with van der Waals surface area (Å²) in [4.78, 5) is 15.9. The molecule has 7 heteroatoms. The van der Waals surface area contributed by atoms with Crippen LogP contribution < -0.4 is 15.4 Å². The van der Waals surface area contributed by atoms with Crippen molar-refractivity contribution >= 4 is 17.6 Å². The van der Waals surface area contributed by atoms with Gasteiger partial charge in [0, 0.05) is 12.7 Å². The van der Waals surface area contributed by atoms with Crippen molar-refractivity contribution in [3.05, 3.63) is 58.6 Å². The van der Waals surface area contributed by atoms with E-state index in [0.29, 0.717) is 16.5 Å². The van der Waals surface area contributed by atoms with E-state index in [2.05, 4.69) is 15.6 Å². The second-order valence-electron chi connectivity index (χ2n) is 4.89. The molecule has 2 amide bonds. The molecule has 0 aliphatic heterocycles. The lowest BCUT2D eigenvalue weighted by Crippen LogP contribution is -2.37. The molecule has 0 aliphatic rings. The number of halogens is 2. The molecule has 122 valence electrons. The van der Waals surface area contributed by atoms with E-state index in [4.69, 9.17) is 16.3 Å². The molecule has 0 fully saturated rings. The first-order valence-electron chi connectivity index (χ1n) is 6.98. The van der Waals surface area contributed by atoms with E-state index in [1.165, 1.54) is 13.2 Å². The summed E-state index contributed by atoms with van der Waals surface area (Å²) in [6.45, 7) is 1.97. The molecule has 23 heavy (non-hydrogen) atoms. The zero-order valence-electron chi connectivity index (χ0n) is 12.8. The van der Waals surface area contributed by atoms with Gasteiger partial charge in [0.25, 0.3) is 0 Å². The number of carbonyl (C=O) groups excluding carboxylic acids is 1. The highest BCUT2D eigenvalue weighted by Gasteiger charge is 2.18. The van der Waals surface area contributed by atoms with Gasteiger partial charge in [-0.05, 0) is 30.7 Å². The molecule has 2 aromatic rings. The van der Waals surface area contributed by atoms with E-state index >= 15 is 0 Å². The van der Waals surface area contributed by atoms with E-state index < -0.39 is 17.9 Å². The fourth-order valence-electron chi connectivity index (χ4n) is 2.13. The van der Waals surface area contributed by atoms with Gasteiger partial charge in [-0.1, -0.05) is 23.7 Å². The number of amides is 2. The Morgan fingerprint density at radius 2 is 2.17 bits per heavy atom. The fraction of sp³-hybridized carbons (Fsp3) is 0.250. The quantitative estimate of drug-likeness (QED) is 0.821. The van der Waals surface area contributed by atoms with Crippen LogP contribution in [0, 0.1) is 5.82 Å². The number of hydrogen-bond donors (Lipinski definition) is 2. The van der Waals surface area contributed by atoms with Gasteiger partial charge in [-0.2, -0.15) is 0 Å². The molecule has 5 nitrogen and oxygen atoms in total. The first-order chi connectivity index (χ1) is 11.0. The number of rotatable bonds is 5. The van der Waals surface area contributed by atoms with E-state index in [0.717, 1.165) is 5.56 Å². The van der Waals surface area contributed by atoms with Gasteiger partial charge in [0.2, 0.25) is 0 Å². The number of pyridine rings is 1. The number of urea groups is 1. The lowest BCUT2D eigenvalue weighted by molar-refractivity contribution is 0.237. The second kappa shape index (κ2) is 7.78. The van der Waals surface area contributed by atoms with E-state index in [1.54, 1.807) is 37.4 Å². The van der Waals surface area contributed by atoms with Crippen molar-refractivity contribution in [2.45, 2.75) is 19.5 Å². The Hall–Kier alpha value is -2.34. The van der Waals surface area contributed by atoms with E-state index in [1.807, 2.05) is 0 Å². The molecule has 0 spiro atoms. The molecule has 1 aromatic heterocycles. The van der Waals surface area contributed by atoms with Gasteiger partial charge < -0.3 is 15.4 Å². The summed E-state index contributed by atoms with van der Waals surface area (Å²) >= 11 is 5.70. The zero-order chi connectivity index (χ0) is 16.8. The predicted molar refractivity (Wildman–Crippen MR) is 86.0 cm³/mol. The number of carbonyl (C=O) groups is 1. The van der Waals surface area contributed by atoms with Gasteiger partial charge >= 0.3 is 6.03 Å². The molecule has 1 aromatic carbocycles. The normalized spacial score (nSPS) is 11.7. The summed E-state index contributed by atoms with van der Waals surface area (Å²) < 4.78 is 19.1. The Kier molecular flexibility index (Phi) is 5.76. The SMILES string of the molecule is COc1cccc(F)c1[C@H](C)NC(=O)NCc1ccc(Cl)nc1. The molecule has 0 radical (unpaired) electrons. The standard InChI is InChI=1S/C16H17ClFN3O2/c1-10(15-12(18)4-3-5-13(15)23-2)21-16(22)20-9-11-6-7-14(17)19-8-11/h3-8,10H,9H2,1-2H3,(H2,20,21,22)/t10-/m0/s1. The fourth-order valence-corrected chi connectivity index (χ4v) is 2.24. The highest BCUT2D eigenvalue weighted by atomic mass is 35.5. The summed E-state index contributed by atoms with van der Waals surface area (Å²) in [6.07, 6.45) is 1.58. The van der Waals surface area contributed by atoms with Crippen LogP contribution in [0.25, 0.3) is 0 Å². The number of nitrogens with zero attached hydrogens (tertiary/aromatic N) is 1. The molecule has 1 heterocycles. The number of aromatic nitrogens is 1. The minimum Gasteiger partial charge on any atom is -0.496 e. The van der Waals surface area contributed by atoms with Gasteiger partial charge in [0.05, 0.1) is 18.7 Å². The molecule has 2 N–H and O–H groups in total. The van der Waals surface area contributed by atoms with E-state index in [9.17, 15) is 9.18 Å². The van der Waals surface area contributed by atoms with Gasteiger partial charge in [-0.15, -0.1) is 0 Å². The van der Waals surface area contributed by atoms with Gasteiger partial charge in [-0.3, -0.25) is 0 Å². The summed E-state index contributed by atoms with van der Waals surface area (Å²) in [5.41, 5.74) is 1.11. The number of hydrogen-bond acceptors (Lipinski definition) is 3. The molecule has 2 rings (SSSR count). The van der Waals surface area contributed by atoms with Gasteiger partial charge in [0.1, 0.15) is 16.7 Å². The third kappa shape index (κ3) is 4.56. The Morgan fingerprint density at radius 3 is 2.83 bits per heavy atom. The van der Waals surface area contributed by atoms with E-state index in [-0.39, 0.29) is 6.54 Å². The van der Waals surface area contributed by atoms with Gasteiger partial charge in [0.15, 0.2) is 0 Å². The van der Waals surface area contributed by atoms with Crippen molar-refractivity contribution in [1.82, 2.24) is 15.6 Å². The topological polar surface area (TPSA) is 63.2 Å². The maximum atomic E-state index is 14.0. The Labute approximate surface area is 138 Å². The lowest BCUT2D eigenvalue weighted by Gasteiger charge is -2.18. The summed E-state index contributed by atoms with van der Waals surface area (Å²) in [7, 11) is 1.46. The van der Waals surface area contributed by atoms with Crippen molar-refractivity contribution < 1.29 is 13.9 Å². The van der Waals surface area contributed by atoms with Crippen molar-refractivity contribution in [3.63, 3.8) is 0 Å². The van der Waals surface area contributed by atoms with Crippen molar-refractivity contribution in [2.75, 3.05) is 7.11 Å². The number of nitrogens with one attached hydrogen (secondary N) is 2. The third-order valence-electron chi connectivity index (χ3n) is 3.26. The largest absolute Gasteiger partial charge is 0.496 e. The van der Waals surface area contributed by atoms with Gasteiger partial charge in [-0.25, -0.2) is 14.2 Å². The molecular weight excluding hydrogens is 321 g/mol. The number of methoxy groups -OCH3 is 1. The Bertz CT molecular complexity index is 680. The molecule has 0 saturated carbocycles. The van der Waals surface area contributed by atoms with Crippen LogP contribution >= 0.6 is 11.6 Å². The third-order valence-corrected chi connectivity index (χ3v) is 3.48. The van der Waals surface area contributed by atoms with Crippen molar-refractivity contribution in [3.8, 4) is 5.75 Å². The summed E-state index contributed by atoms with van der Waals surface area (Å²) in [5, 5.41) is 5.74. The zero-order valence-corrected chi connectivity index (χ0v) is 13.5. The maximum absolute atomic E-state index is 14.0. The minimum absolute atomic E-state index is 0.289. The van der Waals surface area contributed by atoms with Crippen LogP contribution in [-0.4, -0.2) is 18.1 Å². The predicted octanol–water partition coefficient (Wildman–Crippen LogP) is 3.44. The van der Waals surface area contributed by atoms with Crippen LogP contribution in [0.5, 0.6) is 5.75 Å². The monoisotopic (exact) mass is 337 g/mol. The van der Waals surface area contributed by atoms with Crippen molar-refractivity contribution in [1.29, 1.82) is 0 Å². The molecule has 0 aliphatic carbocycles. The smallest absolute Gasteiger partial charge is 0.315 e. The molecular formula is C16H17ClFN3O2. The average molecular weight is 338 g/mol. The molecule has 0 saturated heterocycles. The van der Waals surface area contributed by atoms with Crippen LogP contribution in [0.3, 0.4) is 0 Å². The molecule has 0 bridgehead atoms. The highest BCUT2D eigenvalue weighted by molar-refractivity contribution is 6.29. The number of benzene rings is 1. The van der Waals surface area contributed by atoms with Crippen LogP contribution in [0.2, 0.25) is 5.15 Å². The minimum atomic E-state index is -0.547. The first kappa shape index (κ1) is 17.0. The van der Waals surface area contributed by atoms with Crippen LogP contribution in [0.1, 0.15) is 24.1 Å².